The zero-order valence-corrected chi connectivity index (χ0v) is 13.6. The molecule has 1 aliphatic heterocycles. The van der Waals surface area contributed by atoms with Gasteiger partial charge in [-0.25, -0.2) is 0 Å². The number of phenols is 1. The number of fused-ring (bicyclic) bond motifs is 1. The fourth-order valence-electron chi connectivity index (χ4n) is 3.69. The van der Waals surface area contributed by atoms with Gasteiger partial charge in [-0.1, -0.05) is 30.3 Å². The van der Waals surface area contributed by atoms with E-state index in [1.165, 1.54) is 5.56 Å². The fraction of sp³-hybridized carbons (Fsp3) is 0.300. The van der Waals surface area contributed by atoms with Crippen molar-refractivity contribution in [2.24, 2.45) is 11.7 Å². The minimum absolute atomic E-state index is 0.103. The van der Waals surface area contributed by atoms with Gasteiger partial charge in [0.1, 0.15) is 17.6 Å². The highest BCUT2D eigenvalue weighted by atomic mass is 16.3. The summed E-state index contributed by atoms with van der Waals surface area (Å²) >= 11 is 0. The van der Waals surface area contributed by atoms with Crippen molar-refractivity contribution in [3.05, 3.63) is 60.4 Å². The lowest BCUT2D eigenvalue weighted by atomic mass is 9.86. The van der Waals surface area contributed by atoms with Crippen LogP contribution in [0.3, 0.4) is 0 Å². The van der Waals surface area contributed by atoms with E-state index in [9.17, 15) is 5.11 Å². The lowest BCUT2D eigenvalue weighted by Gasteiger charge is -2.35. The van der Waals surface area contributed by atoms with Crippen LogP contribution in [-0.2, 0) is 0 Å². The van der Waals surface area contributed by atoms with E-state index in [1.54, 1.807) is 18.4 Å². The summed E-state index contributed by atoms with van der Waals surface area (Å²) in [5.74, 6) is 0.738. The topological polar surface area (TPSA) is 62.6 Å². The summed E-state index contributed by atoms with van der Waals surface area (Å²) in [5, 5.41) is 10.6. The predicted molar refractivity (Wildman–Crippen MR) is 96.2 cm³/mol. The molecule has 1 unspecified atom stereocenters. The molecule has 0 radical (unpaired) electrons. The molecule has 2 heterocycles. The molecule has 3 aromatic rings. The number of anilines is 1. The number of rotatable bonds is 3. The molecule has 4 heteroatoms. The summed E-state index contributed by atoms with van der Waals surface area (Å²) in [6.07, 6.45) is 3.93. The molecule has 0 aliphatic carbocycles. The van der Waals surface area contributed by atoms with Gasteiger partial charge in [-0.3, -0.25) is 0 Å². The molecule has 3 N–H and O–H groups in total. The number of nitrogens with two attached hydrogens (primary N) is 1. The first kappa shape index (κ1) is 15.1. The molecular weight excluding hydrogens is 300 g/mol. The molecule has 1 aromatic heterocycles. The SMILES string of the molecule is NC(c1ccccc1)C1CCN(c2coc3cc(O)ccc23)CC1. The first-order valence-corrected chi connectivity index (χ1v) is 8.48. The zero-order chi connectivity index (χ0) is 16.5. The van der Waals surface area contributed by atoms with Crippen molar-refractivity contribution in [1.82, 2.24) is 0 Å². The molecule has 124 valence electrons. The van der Waals surface area contributed by atoms with Gasteiger partial charge in [0.05, 0.1) is 5.69 Å². The Labute approximate surface area is 141 Å². The van der Waals surface area contributed by atoms with Gasteiger partial charge in [-0.05, 0) is 36.5 Å². The van der Waals surface area contributed by atoms with Crippen LogP contribution < -0.4 is 10.6 Å². The minimum Gasteiger partial charge on any atom is -0.508 e. The molecule has 2 aromatic carbocycles. The van der Waals surface area contributed by atoms with Gasteiger partial charge in [0.2, 0.25) is 0 Å². The number of hydrogen-bond donors (Lipinski definition) is 2. The molecule has 1 fully saturated rings. The Morgan fingerprint density at radius 2 is 1.83 bits per heavy atom. The summed E-state index contributed by atoms with van der Waals surface area (Å²) in [6, 6.07) is 15.8. The number of benzene rings is 2. The number of furan rings is 1. The van der Waals surface area contributed by atoms with E-state index in [0.29, 0.717) is 5.92 Å². The zero-order valence-electron chi connectivity index (χ0n) is 13.6. The van der Waals surface area contributed by atoms with E-state index >= 15 is 0 Å². The van der Waals surface area contributed by atoms with Crippen molar-refractivity contribution in [2.75, 3.05) is 18.0 Å². The number of nitrogens with zero attached hydrogens (tertiary/aromatic N) is 1. The fourth-order valence-corrected chi connectivity index (χ4v) is 3.69. The van der Waals surface area contributed by atoms with Crippen LogP contribution in [0.15, 0.2) is 59.2 Å². The Bertz CT molecular complexity index is 820. The lowest BCUT2D eigenvalue weighted by Crippen LogP contribution is -2.37. The Morgan fingerprint density at radius 3 is 2.58 bits per heavy atom. The average Bonchev–Trinajstić information content (AvgIpc) is 3.05. The molecule has 0 spiro atoms. The summed E-state index contributed by atoms with van der Waals surface area (Å²) < 4.78 is 5.60. The molecule has 0 amide bonds. The van der Waals surface area contributed by atoms with Crippen molar-refractivity contribution < 1.29 is 9.52 Å². The summed E-state index contributed by atoms with van der Waals surface area (Å²) in [4.78, 5) is 2.36. The highest BCUT2D eigenvalue weighted by Gasteiger charge is 2.26. The van der Waals surface area contributed by atoms with Crippen LogP contribution in [-0.4, -0.2) is 18.2 Å². The molecule has 24 heavy (non-hydrogen) atoms. The van der Waals surface area contributed by atoms with Crippen LogP contribution in [0, 0.1) is 5.92 Å². The van der Waals surface area contributed by atoms with Gasteiger partial charge in [0.15, 0.2) is 0 Å². The van der Waals surface area contributed by atoms with Gasteiger partial charge in [-0.15, -0.1) is 0 Å². The average molecular weight is 322 g/mol. The number of hydrogen-bond acceptors (Lipinski definition) is 4. The third-order valence-corrected chi connectivity index (χ3v) is 5.11. The van der Waals surface area contributed by atoms with Gasteiger partial charge >= 0.3 is 0 Å². The largest absolute Gasteiger partial charge is 0.508 e. The van der Waals surface area contributed by atoms with Crippen molar-refractivity contribution >= 4 is 16.7 Å². The Kier molecular flexibility index (Phi) is 3.90. The molecular formula is C20H22N2O2. The Morgan fingerprint density at radius 1 is 1.08 bits per heavy atom. The van der Waals surface area contributed by atoms with Crippen molar-refractivity contribution in [2.45, 2.75) is 18.9 Å². The van der Waals surface area contributed by atoms with Gasteiger partial charge < -0.3 is 20.2 Å². The molecule has 1 atom stereocenters. The molecule has 1 aliphatic rings. The van der Waals surface area contributed by atoms with Crippen LogP contribution in [0.1, 0.15) is 24.4 Å². The second-order valence-corrected chi connectivity index (χ2v) is 6.56. The van der Waals surface area contributed by atoms with Crippen molar-refractivity contribution in [1.29, 1.82) is 0 Å². The van der Waals surface area contributed by atoms with Gasteiger partial charge in [-0.2, -0.15) is 0 Å². The van der Waals surface area contributed by atoms with E-state index < -0.39 is 0 Å². The number of piperidine rings is 1. The normalized spacial score (nSPS) is 17.3. The highest BCUT2D eigenvalue weighted by Crippen LogP contribution is 2.35. The van der Waals surface area contributed by atoms with Gasteiger partial charge in [0, 0.05) is 30.6 Å². The first-order chi connectivity index (χ1) is 11.7. The quantitative estimate of drug-likeness (QED) is 0.763. The predicted octanol–water partition coefficient (Wildman–Crippen LogP) is 4.05. The van der Waals surface area contributed by atoms with Crippen molar-refractivity contribution in [3.63, 3.8) is 0 Å². The molecule has 4 rings (SSSR count). The maximum Gasteiger partial charge on any atom is 0.139 e. The van der Waals surface area contributed by atoms with Crippen molar-refractivity contribution in [3.8, 4) is 5.75 Å². The standard InChI is InChI=1S/C20H22N2O2/c21-20(14-4-2-1-3-5-14)15-8-10-22(11-9-15)18-13-24-19-12-16(23)6-7-17(18)19/h1-7,12-13,15,20,23H,8-11,21H2. The van der Waals surface area contributed by atoms with Crippen LogP contribution in [0.4, 0.5) is 5.69 Å². The second kappa shape index (κ2) is 6.21. The molecule has 0 bridgehead atoms. The summed E-state index contributed by atoms with van der Waals surface area (Å²) in [7, 11) is 0. The van der Waals surface area contributed by atoms with E-state index in [4.69, 9.17) is 10.2 Å². The maximum absolute atomic E-state index is 9.57. The van der Waals surface area contributed by atoms with E-state index in [0.717, 1.165) is 42.6 Å². The monoisotopic (exact) mass is 322 g/mol. The van der Waals surface area contributed by atoms with Crippen LogP contribution in [0.25, 0.3) is 11.0 Å². The summed E-state index contributed by atoms with van der Waals surface area (Å²) in [5.41, 5.74) is 9.54. The molecule has 0 saturated carbocycles. The second-order valence-electron chi connectivity index (χ2n) is 6.56. The van der Waals surface area contributed by atoms with Crippen LogP contribution >= 0.6 is 0 Å². The Balaban J connectivity index is 1.47. The number of phenolic OH excluding ortho intramolecular Hbond substituents is 1. The Hall–Kier alpha value is -2.46. The smallest absolute Gasteiger partial charge is 0.139 e. The van der Waals surface area contributed by atoms with Gasteiger partial charge in [0.25, 0.3) is 0 Å². The van der Waals surface area contributed by atoms with E-state index in [1.807, 2.05) is 12.1 Å². The first-order valence-electron chi connectivity index (χ1n) is 8.48. The van der Waals surface area contributed by atoms with Crippen LogP contribution in [0.2, 0.25) is 0 Å². The maximum atomic E-state index is 9.57. The minimum atomic E-state index is 0.103. The van der Waals surface area contributed by atoms with Crippen LogP contribution in [0.5, 0.6) is 5.75 Å². The summed E-state index contributed by atoms with van der Waals surface area (Å²) in [6.45, 7) is 1.95. The highest BCUT2D eigenvalue weighted by molar-refractivity contribution is 5.91. The van der Waals surface area contributed by atoms with E-state index in [2.05, 4.69) is 29.2 Å². The number of aromatic hydroxyl groups is 1. The third-order valence-electron chi connectivity index (χ3n) is 5.11. The molecule has 4 nitrogen and oxygen atoms in total. The molecule has 1 saturated heterocycles. The third kappa shape index (κ3) is 2.74. The lowest BCUT2D eigenvalue weighted by molar-refractivity contribution is 0.345. The van der Waals surface area contributed by atoms with E-state index in [-0.39, 0.29) is 11.8 Å².